The Morgan fingerprint density at radius 2 is 2.29 bits per heavy atom. The van der Waals surface area contributed by atoms with E-state index >= 15 is 0 Å². The summed E-state index contributed by atoms with van der Waals surface area (Å²) in [6.07, 6.45) is 1.32. The highest BCUT2D eigenvalue weighted by Crippen LogP contribution is 2.36. The van der Waals surface area contributed by atoms with Crippen molar-refractivity contribution < 1.29 is 13.9 Å². The van der Waals surface area contributed by atoms with Crippen LogP contribution in [0.1, 0.15) is 24.3 Å². The van der Waals surface area contributed by atoms with Crippen molar-refractivity contribution in [3.8, 4) is 5.75 Å². The SMILES string of the molecule is COc1cccc(C2CCC2=O)c1F. The van der Waals surface area contributed by atoms with Gasteiger partial charge in [0, 0.05) is 17.9 Å². The molecule has 74 valence electrons. The molecule has 2 rings (SSSR count). The molecule has 1 aromatic carbocycles. The van der Waals surface area contributed by atoms with Gasteiger partial charge in [-0.3, -0.25) is 4.79 Å². The van der Waals surface area contributed by atoms with Gasteiger partial charge in [-0.2, -0.15) is 0 Å². The Labute approximate surface area is 81.7 Å². The minimum Gasteiger partial charge on any atom is -0.494 e. The lowest BCUT2D eigenvalue weighted by Crippen LogP contribution is -2.24. The van der Waals surface area contributed by atoms with Crippen LogP contribution in [0.5, 0.6) is 5.75 Å². The molecule has 0 heterocycles. The van der Waals surface area contributed by atoms with Gasteiger partial charge in [0.15, 0.2) is 11.6 Å². The van der Waals surface area contributed by atoms with E-state index in [-0.39, 0.29) is 17.5 Å². The van der Waals surface area contributed by atoms with E-state index in [1.165, 1.54) is 7.11 Å². The second-order valence-electron chi connectivity index (χ2n) is 3.42. The Morgan fingerprint density at radius 1 is 1.50 bits per heavy atom. The van der Waals surface area contributed by atoms with E-state index in [1.807, 2.05) is 0 Å². The van der Waals surface area contributed by atoms with E-state index in [1.54, 1.807) is 18.2 Å². The van der Waals surface area contributed by atoms with Gasteiger partial charge in [-0.15, -0.1) is 0 Å². The Balaban J connectivity index is 2.38. The maximum absolute atomic E-state index is 13.6. The Hall–Kier alpha value is -1.38. The van der Waals surface area contributed by atoms with Crippen molar-refractivity contribution in [3.05, 3.63) is 29.6 Å². The summed E-state index contributed by atoms with van der Waals surface area (Å²) in [4.78, 5) is 11.2. The topological polar surface area (TPSA) is 26.3 Å². The number of ketones is 1. The number of ether oxygens (including phenoxy) is 1. The molecule has 1 aromatic rings. The molecule has 1 fully saturated rings. The predicted molar refractivity (Wildman–Crippen MR) is 49.9 cm³/mol. The zero-order valence-electron chi connectivity index (χ0n) is 7.92. The summed E-state index contributed by atoms with van der Waals surface area (Å²) in [5.74, 6) is -0.308. The Kier molecular flexibility index (Phi) is 2.23. The van der Waals surface area contributed by atoms with Crippen molar-refractivity contribution in [2.45, 2.75) is 18.8 Å². The van der Waals surface area contributed by atoms with Crippen LogP contribution >= 0.6 is 0 Å². The van der Waals surface area contributed by atoms with E-state index in [2.05, 4.69) is 0 Å². The van der Waals surface area contributed by atoms with E-state index in [9.17, 15) is 9.18 Å². The third-order valence-electron chi connectivity index (χ3n) is 2.66. The van der Waals surface area contributed by atoms with E-state index in [4.69, 9.17) is 4.74 Å². The molecule has 0 spiro atoms. The van der Waals surface area contributed by atoms with Crippen molar-refractivity contribution >= 4 is 5.78 Å². The van der Waals surface area contributed by atoms with Crippen LogP contribution in [-0.4, -0.2) is 12.9 Å². The van der Waals surface area contributed by atoms with Crippen molar-refractivity contribution in [1.82, 2.24) is 0 Å². The summed E-state index contributed by atoms with van der Waals surface area (Å²) in [7, 11) is 1.42. The molecule has 0 bridgehead atoms. The molecule has 14 heavy (non-hydrogen) atoms. The zero-order valence-corrected chi connectivity index (χ0v) is 7.92. The van der Waals surface area contributed by atoms with Gasteiger partial charge >= 0.3 is 0 Å². The summed E-state index contributed by atoms with van der Waals surface area (Å²) in [6, 6.07) is 4.92. The first-order valence-electron chi connectivity index (χ1n) is 4.59. The Morgan fingerprint density at radius 3 is 2.79 bits per heavy atom. The van der Waals surface area contributed by atoms with Gasteiger partial charge in [0.1, 0.15) is 5.78 Å². The maximum Gasteiger partial charge on any atom is 0.168 e. The number of benzene rings is 1. The number of methoxy groups -OCH3 is 1. The lowest BCUT2D eigenvalue weighted by Gasteiger charge is -2.24. The fraction of sp³-hybridized carbons (Fsp3) is 0.364. The van der Waals surface area contributed by atoms with Crippen LogP contribution in [0.4, 0.5) is 4.39 Å². The maximum atomic E-state index is 13.6. The molecule has 0 aromatic heterocycles. The van der Waals surface area contributed by atoms with E-state index in [0.717, 1.165) is 6.42 Å². The molecule has 1 aliphatic rings. The smallest absolute Gasteiger partial charge is 0.168 e. The minimum atomic E-state index is -0.395. The van der Waals surface area contributed by atoms with Gasteiger partial charge in [0.25, 0.3) is 0 Å². The molecule has 2 nitrogen and oxygen atoms in total. The monoisotopic (exact) mass is 194 g/mol. The van der Waals surface area contributed by atoms with Crippen LogP contribution < -0.4 is 4.74 Å². The lowest BCUT2D eigenvalue weighted by molar-refractivity contribution is -0.125. The Bertz CT molecular complexity index is 374. The first kappa shape index (κ1) is 9.19. The average molecular weight is 194 g/mol. The highest BCUT2D eigenvalue weighted by molar-refractivity contribution is 5.91. The normalized spacial score (nSPS) is 20.4. The van der Waals surface area contributed by atoms with Crippen molar-refractivity contribution in [3.63, 3.8) is 0 Å². The summed E-state index contributed by atoms with van der Waals surface area (Å²) in [5, 5.41) is 0. The number of Topliss-reactive ketones (excluding diaryl/α,β-unsaturated/α-hetero) is 1. The third-order valence-corrected chi connectivity index (χ3v) is 2.66. The van der Waals surface area contributed by atoms with Gasteiger partial charge in [0.05, 0.1) is 7.11 Å². The number of halogens is 1. The predicted octanol–water partition coefficient (Wildman–Crippen LogP) is 2.28. The van der Waals surface area contributed by atoms with Crippen molar-refractivity contribution in [2.24, 2.45) is 0 Å². The second kappa shape index (κ2) is 3.40. The summed E-state index contributed by atoms with van der Waals surface area (Å²) >= 11 is 0. The molecule has 0 radical (unpaired) electrons. The van der Waals surface area contributed by atoms with Gasteiger partial charge in [-0.1, -0.05) is 12.1 Å². The molecule has 1 aliphatic carbocycles. The first-order chi connectivity index (χ1) is 6.74. The van der Waals surface area contributed by atoms with Gasteiger partial charge in [0.2, 0.25) is 0 Å². The number of hydrogen-bond donors (Lipinski definition) is 0. The first-order valence-corrected chi connectivity index (χ1v) is 4.59. The fourth-order valence-electron chi connectivity index (χ4n) is 1.69. The lowest BCUT2D eigenvalue weighted by atomic mass is 9.78. The van der Waals surface area contributed by atoms with Gasteiger partial charge in [-0.05, 0) is 12.5 Å². The number of hydrogen-bond acceptors (Lipinski definition) is 2. The fourth-order valence-corrected chi connectivity index (χ4v) is 1.69. The van der Waals surface area contributed by atoms with Crippen LogP contribution in [0.2, 0.25) is 0 Å². The molecule has 0 saturated heterocycles. The molecule has 1 saturated carbocycles. The molecule has 0 amide bonds. The van der Waals surface area contributed by atoms with Crippen LogP contribution in [0.15, 0.2) is 18.2 Å². The summed E-state index contributed by atoms with van der Waals surface area (Å²) in [6.45, 7) is 0. The summed E-state index contributed by atoms with van der Waals surface area (Å²) in [5.41, 5.74) is 0.473. The molecular formula is C11H11FO2. The number of carbonyl (C=O) groups is 1. The number of carbonyl (C=O) groups excluding carboxylic acids is 1. The zero-order chi connectivity index (χ0) is 10.1. The van der Waals surface area contributed by atoms with Crippen molar-refractivity contribution in [2.75, 3.05) is 7.11 Å². The largest absolute Gasteiger partial charge is 0.494 e. The molecule has 0 N–H and O–H groups in total. The second-order valence-corrected chi connectivity index (χ2v) is 3.42. The molecule has 0 aliphatic heterocycles. The molecular weight excluding hydrogens is 183 g/mol. The van der Waals surface area contributed by atoms with Gasteiger partial charge < -0.3 is 4.74 Å². The average Bonchev–Trinajstić information content (AvgIpc) is 2.19. The molecule has 1 atom stereocenters. The van der Waals surface area contributed by atoms with Crippen LogP contribution in [0.3, 0.4) is 0 Å². The number of rotatable bonds is 2. The van der Waals surface area contributed by atoms with E-state index < -0.39 is 5.82 Å². The van der Waals surface area contributed by atoms with Crippen LogP contribution in [0.25, 0.3) is 0 Å². The minimum absolute atomic E-state index is 0.122. The molecule has 3 heteroatoms. The standard InChI is InChI=1S/C11H11FO2/c1-14-10-4-2-3-8(11(10)12)7-5-6-9(7)13/h2-4,7H,5-6H2,1H3. The quantitative estimate of drug-likeness (QED) is 0.722. The highest BCUT2D eigenvalue weighted by Gasteiger charge is 2.32. The third kappa shape index (κ3) is 1.29. The summed E-state index contributed by atoms with van der Waals surface area (Å²) < 4.78 is 18.5. The van der Waals surface area contributed by atoms with E-state index in [0.29, 0.717) is 12.0 Å². The van der Waals surface area contributed by atoms with Crippen molar-refractivity contribution in [1.29, 1.82) is 0 Å². The van der Waals surface area contributed by atoms with Crippen LogP contribution in [-0.2, 0) is 4.79 Å². The van der Waals surface area contributed by atoms with Crippen LogP contribution in [0, 0.1) is 5.82 Å². The van der Waals surface area contributed by atoms with Gasteiger partial charge in [-0.25, -0.2) is 4.39 Å². The molecule has 1 unspecified atom stereocenters. The highest BCUT2D eigenvalue weighted by atomic mass is 19.1.